The summed E-state index contributed by atoms with van der Waals surface area (Å²) < 4.78 is 5.31. The third-order valence-corrected chi connectivity index (χ3v) is 6.31. The Morgan fingerprint density at radius 1 is 1.03 bits per heavy atom. The zero-order chi connectivity index (χ0) is 21.1. The Morgan fingerprint density at radius 3 is 2.34 bits per heavy atom. The molecule has 0 radical (unpaired) electrons. The number of nitrogens with one attached hydrogen (secondary N) is 1. The van der Waals surface area contributed by atoms with Crippen molar-refractivity contribution in [2.75, 3.05) is 0 Å². The molecule has 3 rings (SSSR count). The molecule has 3 aromatic rings. The van der Waals surface area contributed by atoms with Crippen molar-refractivity contribution in [3.05, 3.63) is 79.6 Å². The maximum atomic E-state index is 12.3. The molecule has 2 aromatic carbocycles. The predicted octanol–water partition coefficient (Wildman–Crippen LogP) is 7.29. The third kappa shape index (κ3) is 5.40. The monoisotopic (exact) mass is 465 g/mol. The predicted molar refractivity (Wildman–Crippen MR) is 122 cm³/mol. The summed E-state index contributed by atoms with van der Waals surface area (Å²) in [7, 11) is 0. The maximum absolute atomic E-state index is 12.3. The highest BCUT2D eigenvalue weighted by Gasteiger charge is 2.19. The molecule has 0 aliphatic heterocycles. The highest BCUT2D eigenvalue weighted by Crippen LogP contribution is 2.36. The first-order chi connectivity index (χ1) is 13.7. The number of rotatable bonds is 6. The summed E-state index contributed by atoms with van der Waals surface area (Å²) in [6.07, 6.45) is -0.0597. The van der Waals surface area contributed by atoms with Crippen molar-refractivity contribution < 1.29 is 9.53 Å². The fourth-order valence-corrected chi connectivity index (χ4v) is 4.36. The van der Waals surface area contributed by atoms with Crippen LogP contribution in [-0.4, -0.2) is 17.8 Å². The van der Waals surface area contributed by atoms with Crippen LogP contribution in [0.1, 0.15) is 29.9 Å². The molecule has 0 saturated carbocycles. The van der Waals surface area contributed by atoms with E-state index in [0.717, 1.165) is 20.9 Å². The molecule has 1 aromatic heterocycles. The van der Waals surface area contributed by atoms with Crippen LogP contribution in [0.5, 0.6) is 0 Å². The first-order valence-electron chi connectivity index (χ1n) is 8.87. The SMILES string of the molecule is CC(C)OC(=O)Cc1cc(C(=N)c2ccc(Cl)c(Cl)c2)sc1-c1ccc(Cl)cc1. The van der Waals surface area contributed by atoms with Crippen molar-refractivity contribution in [2.45, 2.75) is 26.4 Å². The average Bonchev–Trinajstić information content (AvgIpc) is 3.07. The Kier molecular flexibility index (Phi) is 7.01. The van der Waals surface area contributed by atoms with Crippen molar-refractivity contribution >= 4 is 57.8 Å². The molecule has 0 amide bonds. The Labute approximate surface area is 188 Å². The number of esters is 1. The zero-order valence-electron chi connectivity index (χ0n) is 15.8. The lowest BCUT2D eigenvalue weighted by atomic mass is 10.0. The second kappa shape index (κ2) is 9.31. The molecule has 0 aliphatic carbocycles. The molecule has 1 heterocycles. The minimum atomic E-state index is -0.305. The van der Waals surface area contributed by atoms with Crippen molar-refractivity contribution in [3.8, 4) is 10.4 Å². The zero-order valence-corrected chi connectivity index (χ0v) is 18.8. The minimum absolute atomic E-state index is 0.126. The smallest absolute Gasteiger partial charge is 0.310 e. The molecule has 0 saturated heterocycles. The van der Waals surface area contributed by atoms with Gasteiger partial charge in [-0.05, 0) is 55.3 Å². The van der Waals surface area contributed by atoms with Gasteiger partial charge in [0.15, 0.2) is 0 Å². The van der Waals surface area contributed by atoms with Crippen molar-refractivity contribution in [1.82, 2.24) is 0 Å². The van der Waals surface area contributed by atoms with E-state index in [1.807, 2.05) is 32.0 Å². The second-order valence-corrected chi connectivity index (χ2v) is 8.99. The van der Waals surface area contributed by atoms with Crippen LogP contribution in [0, 0.1) is 5.41 Å². The van der Waals surface area contributed by atoms with Gasteiger partial charge in [0.2, 0.25) is 0 Å². The Hall–Kier alpha value is -1.85. The fourth-order valence-electron chi connectivity index (χ4n) is 2.78. The summed E-state index contributed by atoms with van der Waals surface area (Å²) in [5, 5.41) is 10.1. The molecule has 150 valence electrons. The molecule has 0 fully saturated rings. The topological polar surface area (TPSA) is 50.2 Å². The highest BCUT2D eigenvalue weighted by atomic mass is 35.5. The van der Waals surface area contributed by atoms with Gasteiger partial charge in [0.1, 0.15) is 0 Å². The van der Waals surface area contributed by atoms with E-state index >= 15 is 0 Å². The number of hydrogen-bond acceptors (Lipinski definition) is 4. The number of carbonyl (C=O) groups excluding carboxylic acids is 1. The molecule has 0 spiro atoms. The molecule has 7 heteroatoms. The minimum Gasteiger partial charge on any atom is -0.463 e. The number of thiophene rings is 1. The van der Waals surface area contributed by atoms with E-state index in [2.05, 4.69) is 0 Å². The van der Waals surface area contributed by atoms with Crippen LogP contribution in [0.3, 0.4) is 0 Å². The summed E-state index contributed by atoms with van der Waals surface area (Å²) in [4.78, 5) is 13.9. The average molecular weight is 467 g/mol. The maximum Gasteiger partial charge on any atom is 0.310 e. The molecule has 0 unspecified atom stereocenters. The van der Waals surface area contributed by atoms with E-state index in [1.165, 1.54) is 11.3 Å². The number of benzene rings is 2. The van der Waals surface area contributed by atoms with E-state index in [-0.39, 0.29) is 18.5 Å². The largest absolute Gasteiger partial charge is 0.463 e. The summed E-state index contributed by atoms with van der Waals surface area (Å²) >= 11 is 19.6. The van der Waals surface area contributed by atoms with E-state index in [4.69, 9.17) is 44.9 Å². The first kappa shape index (κ1) is 21.8. The summed E-state index contributed by atoms with van der Waals surface area (Å²) in [5.74, 6) is -0.305. The lowest BCUT2D eigenvalue weighted by Crippen LogP contribution is -2.13. The number of hydrogen-bond donors (Lipinski definition) is 1. The van der Waals surface area contributed by atoms with E-state index in [9.17, 15) is 4.79 Å². The molecule has 29 heavy (non-hydrogen) atoms. The van der Waals surface area contributed by atoms with E-state index < -0.39 is 0 Å². The lowest BCUT2D eigenvalue weighted by Gasteiger charge is -2.08. The van der Waals surface area contributed by atoms with Crippen molar-refractivity contribution in [1.29, 1.82) is 5.41 Å². The highest BCUT2D eigenvalue weighted by molar-refractivity contribution is 7.17. The van der Waals surface area contributed by atoms with Crippen LogP contribution in [-0.2, 0) is 16.0 Å². The van der Waals surface area contributed by atoms with Crippen LogP contribution < -0.4 is 0 Å². The summed E-state index contributed by atoms with van der Waals surface area (Å²) in [6, 6.07) is 14.4. The summed E-state index contributed by atoms with van der Waals surface area (Å²) in [5.41, 5.74) is 2.70. The molecule has 0 bridgehead atoms. The molecule has 0 atom stereocenters. The van der Waals surface area contributed by atoms with Gasteiger partial charge in [-0.15, -0.1) is 11.3 Å². The van der Waals surface area contributed by atoms with Crippen LogP contribution in [0.2, 0.25) is 15.1 Å². The van der Waals surface area contributed by atoms with Crippen molar-refractivity contribution in [2.24, 2.45) is 0 Å². The standard InChI is InChI=1S/C22H18Cl3NO2S/c1-12(2)28-20(27)11-15-10-19(21(26)14-5-8-17(24)18(25)9-14)29-22(15)13-3-6-16(23)7-4-13/h3-10,12,26H,11H2,1-2H3. The van der Waals surface area contributed by atoms with Gasteiger partial charge in [-0.2, -0.15) is 0 Å². The Balaban J connectivity index is 2.00. The fraction of sp³-hybridized carbons (Fsp3) is 0.182. The molecular formula is C22H18Cl3NO2S. The van der Waals surface area contributed by atoms with Gasteiger partial charge in [-0.25, -0.2) is 0 Å². The lowest BCUT2D eigenvalue weighted by molar-refractivity contribution is -0.146. The summed E-state index contributed by atoms with van der Waals surface area (Å²) in [6.45, 7) is 3.63. The molecular weight excluding hydrogens is 449 g/mol. The molecule has 1 N–H and O–H groups in total. The van der Waals surface area contributed by atoms with Gasteiger partial charge in [-0.1, -0.05) is 53.0 Å². The molecule has 3 nitrogen and oxygen atoms in total. The quantitative estimate of drug-likeness (QED) is 0.306. The van der Waals surface area contributed by atoms with Gasteiger partial charge >= 0.3 is 5.97 Å². The Bertz CT molecular complexity index is 1060. The van der Waals surface area contributed by atoms with E-state index in [0.29, 0.717) is 26.3 Å². The number of ether oxygens (including phenoxy) is 1. The number of carbonyl (C=O) groups is 1. The third-order valence-electron chi connectivity index (χ3n) is 4.07. The number of halogens is 3. The first-order valence-corrected chi connectivity index (χ1v) is 10.8. The van der Waals surface area contributed by atoms with Gasteiger partial charge in [-0.3, -0.25) is 10.2 Å². The van der Waals surface area contributed by atoms with Gasteiger partial charge in [0.25, 0.3) is 0 Å². The van der Waals surface area contributed by atoms with Crippen molar-refractivity contribution in [3.63, 3.8) is 0 Å². The Morgan fingerprint density at radius 2 is 1.72 bits per heavy atom. The van der Waals surface area contributed by atoms with E-state index in [1.54, 1.807) is 30.3 Å². The van der Waals surface area contributed by atoms with Crippen LogP contribution in [0.4, 0.5) is 0 Å². The molecule has 0 aliphatic rings. The van der Waals surface area contributed by atoms with Gasteiger partial charge < -0.3 is 4.74 Å². The van der Waals surface area contributed by atoms with Crippen LogP contribution in [0.15, 0.2) is 48.5 Å². The van der Waals surface area contributed by atoms with Gasteiger partial charge in [0.05, 0.1) is 33.2 Å². The van der Waals surface area contributed by atoms with Crippen LogP contribution in [0.25, 0.3) is 10.4 Å². The second-order valence-electron chi connectivity index (χ2n) is 6.69. The van der Waals surface area contributed by atoms with Gasteiger partial charge in [0, 0.05) is 15.5 Å². The normalized spacial score (nSPS) is 11.0. The van der Waals surface area contributed by atoms with Crippen LogP contribution >= 0.6 is 46.1 Å².